The highest BCUT2D eigenvalue weighted by Gasteiger charge is 2.35. The number of benzene rings is 2. The molecule has 0 spiro atoms. The second-order valence-corrected chi connectivity index (χ2v) is 10.8. The molecule has 3 aromatic rings. The van der Waals surface area contributed by atoms with Crippen molar-refractivity contribution < 1.29 is 50.2 Å². The molecule has 16 nitrogen and oxygen atoms in total. The van der Waals surface area contributed by atoms with Gasteiger partial charge in [-0.05, 0) is 60.7 Å². The molecule has 1 aliphatic heterocycles. The molecule has 2 aromatic carbocycles. The minimum Gasteiger partial charge on any atom is -0.476 e. The molecule has 1 aliphatic rings. The van der Waals surface area contributed by atoms with Gasteiger partial charge in [0.05, 0.1) is 26.7 Å². The summed E-state index contributed by atoms with van der Waals surface area (Å²) >= 11 is 0. The van der Waals surface area contributed by atoms with Gasteiger partial charge in [0.2, 0.25) is 5.88 Å². The molecule has 0 atom stereocenters. The molecule has 4 N–H and O–H groups in total. The summed E-state index contributed by atoms with van der Waals surface area (Å²) in [6.45, 7) is 0.0215. The lowest BCUT2D eigenvalue weighted by Crippen LogP contribution is -2.22. The summed E-state index contributed by atoms with van der Waals surface area (Å²) in [4.78, 5) is 47.7. The molecule has 1 aromatic heterocycles. The molecule has 0 aliphatic carbocycles. The third kappa shape index (κ3) is 5.89. The number of carboxylic acids is 1. The highest BCUT2D eigenvalue weighted by molar-refractivity contribution is 7.86. The van der Waals surface area contributed by atoms with Crippen LogP contribution in [0, 0.1) is 0 Å². The number of hydrazone groups is 1. The fourth-order valence-corrected chi connectivity index (χ4v) is 4.52. The molecule has 0 unspecified atom stereocenters. The monoisotopic (exact) mass is 604 g/mol. The van der Waals surface area contributed by atoms with Crippen molar-refractivity contribution in [2.45, 2.75) is 9.79 Å². The van der Waals surface area contributed by atoms with E-state index in [4.69, 9.17) is 13.8 Å². The zero-order valence-corrected chi connectivity index (χ0v) is 21.7. The molecule has 212 valence electrons. The number of carboxylic acid groups (broad SMARTS) is 1. The number of allylic oxidation sites excluding steroid dienone is 2. The first-order valence-electron chi connectivity index (χ1n) is 10.9. The van der Waals surface area contributed by atoms with Gasteiger partial charge >= 0.3 is 5.97 Å². The molecule has 1 amide bonds. The van der Waals surface area contributed by atoms with Crippen molar-refractivity contribution in [3.8, 4) is 11.6 Å². The summed E-state index contributed by atoms with van der Waals surface area (Å²) in [5, 5.41) is 16.5. The molecular formula is C23H16N4O12S2. The van der Waals surface area contributed by atoms with Gasteiger partial charge < -0.3 is 9.84 Å². The van der Waals surface area contributed by atoms with Crippen LogP contribution in [0.25, 0.3) is 11.8 Å². The van der Waals surface area contributed by atoms with Gasteiger partial charge in [-0.25, -0.2) is 9.48 Å². The van der Waals surface area contributed by atoms with Crippen LogP contribution in [0.15, 0.2) is 85.9 Å². The summed E-state index contributed by atoms with van der Waals surface area (Å²) in [7, 11) is -9.01. The van der Waals surface area contributed by atoms with Crippen LogP contribution in [0.4, 0.5) is 5.69 Å². The molecule has 4 rings (SSSR count). The number of rotatable bonds is 9. The summed E-state index contributed by atoms with van der Waals surface area (Å²) in [5.74, 6) is -2.83. The molecule has 0 bridgehead atoms. The van der Waals surface area contributed by atoms with E-state index in [1.165, 1.54) is 12.1 Å². The number of H-pyrrole nitrogens is 1. The maximum Gasteiger partial charge on any atom is 0.357 e. The van der Waals surface area contributed by atoms with Crippen molar-refractivity contribution in [3.63, 3.8) is 0 Å². The number of aromatic amines is 1. The summed E-state index contributed by atoms with van der Waals surface area (Å²) in [5.41, 5.74) is -2.04. The molecule has 2 heterocycles. The van der Waals surface area contributed by atoms with E-state index in [9.17, 15) is 41.1 Å². The Balaban J connectivity index is 1.68. The first-order chi connectivity index (χ1) is 19.2. The molecule has 0 fully saturated rings. The van der Waals surface area contributed by atoms with Crippen molar-refractivity contribution in [1.29, 1.82) is 0 Å². The number of carbonyl (C=O) groups is 3. The van der Waals surface area contributed by atoms with Gasteiger partial charge in [0.15, 0.2) is 5.71 Å². The Morgan fingerprint density at radius 2 is 1.44 bits per heavy atom. The number of anilines is 1. The number of aliphatic carboxylic acids is 1. The van der Waals surface area contributed by atoms with Gasteiger partial charge in [0.25, 0.3) is 38.2 Å². The van der Waals surface area contributed by atoms with Crippen LogP contribution in [0.3, 0.4) is 0 Å². The number of hydrogen-bond donors (Lipinski definition) is 4. The highest BCUT2D eigenvalue weighted by Crippen LogP contribution is 2.26. The van der Waals surface area contributed by atoms with E-state index in [0.717, 1.165) is 59.3 Å². The third-order valence-corrected chi connectivity index (χ3v) is 7.17. The van der Waals surface area contributed by atoms with Gasteiger partial charge in [-0.2, -0.15) is 26.9 Å². The van der Waals surface area contributed by atoms with E-state index < -0.39 is 58.7 Å². The minimum atomic E-state index is -4.52. The van der Waals surface area contributed by atoms with Crippen LogP contribution < -0.4 is 15.3 Å². The lowest BCUT2D eigenvalue weighted by atomic mass is 10.1. The Morgan fingerprint density at radius 3 is 1.93 bits per heavy atom. The lowest BCUT2D eigenvalue weighted by Gasteiger charge is -2.11. The number of ether oxygens (including phenoxy) is 1. The summed E-state index contributed by atoms with van der Waals surface area (Å²) in [6, 6.07) is 8.63. The third-order valence-electron chi connectivity index (χ3n) is 5.44. The first kappa shape index (κ1) is 28.8. The van der Waals surface area contributed by atoms with E-state index in [1.54, 1.807) is 0 Å². The van der Waals surface area contributed by atoms with Crippen LogP contribution in [0.1, 0.15) is 5.56 Å². The van der Waals surface area contributed by atoms with Crippen molar-refractivity contribution in [2.75, 3.05) is 5.01 Å². The largest absolute Gasteiger partial charge is 0.476 e. The SMILES string of the molecule is O=COc1[nH]n(-c2ccc(S(=O)(=O)O)cc2)c(=O)c1C=C/C=C1\C(=O)N(c2ccc(S(=O)(=O)O)cc2)N=C1C(=O)O. The van der Waals surface area contributed by atoms with Gasteiger partial charge in [-0.15, -0.1) is 0 Å². The number of nitrogens with zero attached hydrogens (tertiary/aromatic N) is 3. The lowest BCUT2D eigenvalue weighted by molar-refractivity contribution is -0.129. The Morgan fingerprint density at radius 1 is 0.902 bits per heavy atom. The van der Waals surface area contributed by atoms with Crippen LogP contribution >= 0.6 is 0 Å². The van der Waals surface area contributed by atoms with Crippen molar-refractivity contribution in [2.24, 2.45) is 5.10 Å². The molecular weight excluding hydrogens is 588 g/mol. The zero-order valence-electron chi connectivity index (χ0n) is 20.1. The Hall–Kier alpha value is -5.17. The van der Waals surface area contributed by atoms with Crippen molar-refractivity contribution >= 4 is 56.1 Å². The second-order valence-electron chi connectivity index (χ2n) is 7.96. The number of nitrogens with one attached hydrogen (secondary N) is 1. The van der Waals surface area contributed by atoms with Crippen LogP contribution in [-0.2, 0) is 34.6 Å². The maximum absolute atomic E-state index is 13.0. The molecule has 0 radical (unpaired) electrons. The highest BCUT2D eigenvalue weighted by atomic mass is 32.2. The average molecular weight is 605 g/mol. The van der Waals surface area contributed by atoms with E-state index in [0.29, 0.717) is 5.01 Å². The Kier molecular flexibility index (Phi) is 7.57. The van der Waals surface area contributed by atoms with Crippen LogP contribution in [0.2, 0.25) is 0 Å². The number of amides is 1. The fraction of sp³-hybridized carbons (Fsp3) is 0. The summed E-state index contributed by atoms with van der Waals surface area (Å²) in [6.07, 6.45) is 3.25. The van der Waals surface area contributed by atoms with Gasteiger partial charge in [-0.3, -0.25) is 28.6 Å². The van der Waals surface area contributed by atoms with Crippen molar-refractivity contribution in [3.05, 3.63) is 82.2 Å². The predicted octanol–water partition coefficient (Wildman–Crippen LogP) is 0.621. The quantitative estimate of drug-likeness (QED) is 0.149. The van der Waals surface area contributed by atoms with Gasteiger partial charge in [0.1, 0.15) is 5.56 Å². The van der Waals surface area contributed by atoms with Crippen LogP contribution in [0.5, 0.6) is 5.88 Å². The van der Waals surface area contributed by atoms with E-state index in [1.807, 2.05) is 0 Å². The molecule has 0 saturated heterocycles. The second kappa shape index (κ2) is 10.8. The van der Waals surface area contributed by atoms with Crippen LogP contribution in [-0.4, -0.2) is 64.9 Å². The van der Waals surface area contributed by atoms with E-state index >= 15 is 0 Å². The predicted molar refractivity (Wildman–Crippen MR) is 139 cm³/mol. The standard InChI is InChI=1S/C23H16N4O12S2/c28-12-39-20-18(22(30)27(25-20)14-6-10-16(11-7-14)41(36,37)38)3-1-2-17-19(23(31)32)24-26(21(17)29)13-4-8-15(9-5-13)40(33,34)35/h1-12,25H,(H,31,32)(H,33,34,35)(H,36,37,38)/b3-1?,17-2-. The number of hydrogen-bond acceptors (Lipinski definition) is 10. The average Bonchev–Trinajstić information content (AvgIpc) is 3.40. The fourth-order valence-electron chi connectivity index (χ4n) is 3.56. The Bertz CT molecular complexity index is 1930. The zero-order chi connectivity index (χ0) is 30.1. The number of aromatic nitrogens is 2. The molecule has 41 heavy (non-hydrogen) atoms. The summed E-state index contributed by atoms with van der Waals surface area (Å²) < 4.78 is 68.9. The number of carbonyl (C=O) groups excluding carboxylic acids is 2. The molecule has 18 heteroatoms. The van der Waals surface area contributed by atoms with Gasteiger partial charge in [0, 0.05) is 0 Å². The van der Waals surface area contributed by atoms with E-state index in [-0.39, 0.29) is 29.3 Å². The molecule has 0 saturated carbocycles. The van der Waals surface area contributed by atoms with Gasteiger partial charge in [-0.1, -0.05) is 6.08 Å². The van der Waals surface area contributed by atoms with E-state index in [2.05, 4.69) is 10.2 Å². The first-order valence-corrected chi connectivity index (χ1v) is 13.8. The Labute approximate surface area is 229 Å². The smallest absolute Gasteiger partial charge is 0.357 e. The maximum atomic E-state index is 13.0. The topological polar surface area (TPSA) is 243 Å². The van der Waals surface area contributed by atoms with Crippen molar-refractivity contribution in [1.82, 2.24) is 9.78 Å². The minimum absolute atomic E-state index is 0.0104. The normalized spacial score (nSPS) is 15.0.